The monoisotopic (exact) mass is 332 g/mol. The zero-order chi connectivity index (χ0) is 13.1. The van der Waals surface area contributed by atoms with Crippen LogP contribution < -0.4 is 0 Å². The summed E-state index contributed by atoms with van der Waals surface area (Å²) in [5, 5.41) is 16.3. The normalized spacial score (nSPS) is 12.6. The predicted octanol–water partition coefficient (Wildman–Crippen LogP) is 2.55. The van der Waals surface area contributed by atoms with Crippen molar-refractivity contribution in [3.8, 4) is 10.8 Å². The standard InChI is InChI=1S/C10H9BrN2O4S/c1-5(10(14)15)16-4-8-12-13-9(17-8)6-2-3-7(11)18-6/h2-3,5H,4H2,1H3,(H,14,15)/t5-/m0/s1. The van der Waals surface area contributed by atoms with E-state index in [2.05, 4.69) is 26.1 Å². The first-order valence-corrected chi connectivity index (χ1v) is 6.59. The third-order valence-electron chi connectivity index (χ3n) is 2.06. The number of nitrogens with zero attached hydrogens (tertiary/aromatic N) is 2. The second-order valence-corrected chi connectivity index (χ2v) is 5.86. The largest absolute Gasteiger partial charge is 0.479 e. The molecular weight excluding hydrogens is 324 g/mol. The molecule has 0 aliphatic rings. The summed E-state index contributed by atoms with van der Waals surface area (Å²) in [5.74, 6) is -0.383. The number of rotatable bonds is 5. The van der Waals surface area contributed by atoms with E-state index in [9.17, 15) is 4.79 Å². The number of ether oxygens (including phenoxy) is 1. The van der Waals surface area contributed by atoms with Gasteiger partial charge in [-0.3, -0.25) is 0 Å². The van der Waals surface area contributed by atoms with Gasteiger partial charge in [0.2, 0.25) is 5.89 Å². The van der Waals surface area contributed by atoms with Crippen molar-refractivity contribution in [2.24, 2.45) is 0 Å². The lowest BCUT2D eigenvalue weighted by Crippen LogP contribution is -2.19. The summed E-state index contributed by atoms with van der Waals surface area (Å²) in [5.41, 5.74) is 0. The van der Waals surface area contributed by atoms with E-state index >= 15 is 0 Å². The van der Waals surface area contributed by atoms with Crippen molar-refractivity contribution in [3.63, 3.8) is 0 Å². The van der Waals surface area contributed by atoms with E-state index in [0.717, 1.165) is 8.66 Å². The maximum absolute atomic E-state index is 10.6. The predicted molar refractivity (Wildman–Crippen MR) is 67.2 cm³/mol. The Morgan fingerprint density at radius 3 is 3.00 bits per heavy atom. The number of aliphatic carboxylic acids is 1. The Labute approximate surface area is 115 Å². The molecule has 18 heavy (non-hydrogen) atoms. The Balaban J connectivity index is 2.00. The Hall–Kier alpha value is -1.25. The van der Waals surface area contributed by atoms with E-state index in [-0.39, 0.29) is 12.5 Å². The molecule has 0 aromatic carbocycles. The van der Waals surface area contributed by atoms with Gasteiger partial charge >= 0.3 is 5.97 Å². The zero-order valence-corrected chi connectivity index (χ0v) is 11.7. The fourth-order valence-electron chi connectivity index (χ4n) is 1.11. The van der Waals surface area contributed by atoms with Gasteiger partial charge in [0.1, 0.15) is 6.61 Å². The van der Waals surface area contributed by atoms with Crippen molar-refractivity contribution in [3.05, 3.63) is 21.8 Å². The summed E-state index contributed by atoms with van der Waals surface area (Å²) in [6, 6.07) is 3.74. The molecule has 8 heteroatoms. The van der Waals surface area contributed by atoms with Crippen molar-refractivity contribution in [1.29, 1.82) is 0 Å². The van der Waals surface area contributed by atoms with Crippen LogP contribution in [0.2, 0.25) is 0 Å². The Morgan fingerprint density at radius 2 is 2.39 bits per heavy atom. The topological polar surface area (TPSA) is 85.5 Å². The lowest BCUT2D eigenvalue weighted by atomic mass is 10.4. The molecule has 0 saturated carbocycles. The van der Waals surface area contributed by atoms with Crippen molar-refractivity contribution < 1.29 is 19.1 Å². The molecule has 0 saturated heterocycles. The minimum absolute atomic E-state index is 0.0208. The third kappa shape index (κ3) is 3.15. The van der Waals surface area contributed by atoms with E-state index in [0.29, 0.717) is 5.89 Å². The molecule has 96 valence electrons. The molecule has 0 amide bonds. The molecule has 0 radical (unpaired) electrons. The summed E-state index contributed by atoms with van der Waals surface area (Å²) in [4.78, 5) is 11.4. The van der Waals surface area contributed by atoms with Crippen LogP contribution in [0.1, 0.15) is 12.8 Å². The van der Waals surface area contributed by atoms with E-state index in [1.807, 2.05) is 12.1 Å². The van der Waals surface area contributed by atoms with Gasteiger partial charge in [0.25, 0.3) is 5.89 Å². The van der Waals surface area contributed by atoms with E-state index in [1.54, 1.807) is 0 Å². The Morgan fingerprint density at radius 1 is 1.61 bits per heavy atom. The van der Waals surface area contributed by atoms with Crippen molar-refractivity contribution in [2.45, 2.75) is 19.6 Å². The molecule has 2 aromatic heterocycles. The first-order chi connectivity index (χ1) is 8.56. The fraction of sp³-hybridized carbons (Fsp3) is 0.300. The third-order valence-corrected chi connectivity index (χ3v) is 3.67. The van der Waals surface area contributed by atoms with Crippen molar-refractivity contribution in [1.82, 2.24) is 10.2 Å². The zero-order valence-electron chi connectivity index (χ0n) is 9.29. The number of carboxylic acids is 1. The SMILES string of the molecule is C[C@H](OCc1nnc(-c2ccc(Br)s2)o1)C(=O)O. The first kappa shape index (κ1) is 13.2. The molecule has 1 atom stereocenters. The van der Waals surface area contributed by atoms with Crippen LogP contribution in [0.3, 0.4) is 0 Å². The van der Waals surface area contributed by atoms with Crippen LogP contribution in [-0.4, -0.2) is 27.4 Å². The molecule has 2 aromatic rings. The molecule has 0 aliphatic carbocycles. The van der Waals surface area contributed by atoms with Crippen LogP contribution >= 0.6 is 27.3 Å². The molecule has 6 nitrogen and oxygen atoms in total. The first-order valence-electron chi connectivity index (χ1n) is 4.99. The molecular formula is C10H9BrN2O4S. The van der Waals surface area contributed by atoms with Gasteiger partial charge in [-0.25, -0.2) is 4.79 Å². The highest BCUT2D eigenvalue weighted by molar-refractivity contribution is 9.11. The van der Waals surface area contributed by atoms with Gasteiger partial charge in [0.15, 0.2) is 6.10 Å². The summed E-state index contributed by atoms with van der Waals surface area (Å²) < 4.78 is 11.4. The van der Waals surface area contributed by atoms with Crippen LogP contribution in [0.4, 0.5) is 0 Å². The van der Waals surface area contributed by atoms with E-state index < -0.39 is 12.1 Å². The van der Waals surface area contributed by atoms with Crippen LogP contribution in [-0.2, 0) is 16.1 Å². The van der Waals surface area contributed by atoms with Gasteiger partial charge < -0.3 is 14.3 Å². The molecule has 2 heterocycles. The Bertz CT molecular complexity index is 554. The second-order valence-electron chi connectivity index (χ2n) is 3.40. The van der Waals surface area contributed by atoms with Crippen LogP contribution in [0.5, 0.6) is 0 Å². The van der Waals surface area contributed by atoms with Gasteiger partial charge in [-0.05, 0) is 35.0 Å². The van der Waals surface area contributed by atoms with Crippen molar-refractivity contribution in [2.75, 3.05) is 0 Å². The van der Waals surface area contributed by atoms with Crippen LogP contribution in [0.25, 0.3) is 10.8 Å². The molecule has 0 fully saturated rings. The second kappa shape index (κ2) is 5.59. The minimum atomic E-state index is -1.03. The summed E-state index contributed by atoms with van der Waals surface area (Å²) in [6.45, 7) is 1.42. The maximum Gasteiger partial charge on any atom is 0.332 e. The lowest BCUT2D eigenvalue weighted by Gasteiger charge is -2.04. The molecule has 0 aliphatic heterocycles. The number of hydrogen-bond donors (Lipinski definition) is 1. The number of halogens is 1. The number of carbonyl (C=O) groups is 1. The van der Waals surface area contributed by atoms with Crippen molar-refractivity contribution >= 4 is 33.2 Å². The maximum atomic E-state index is 10.6. The highest BCUT2D eigenvalue weighted by Gasteiger charge is 2.15. The number of hydrogen-bond acceptors (Lipinski definition) is 6. The Kier molecular flexibility index (Phi) is 4.10. The fourth-order valence-corrected chi connectivity index (χ4v) is 2.42. The van der Waals surface area contributed by atoms with Gasteiger partial charge in [0, 0.05) is 0 Å². The van der Waals surface area contributed by atoms with Gasteiger partial charge in [-0.1, -0.05) is 0 Å². The van der Waals surface area contributed by atoms with Gasteiger partial charge in [-0.15, -0.1) is 21.5 Å². The molecule has 0 unspecified atom stereocenters. The van der Waals surface area contributed by atoms with Gasteiger partial charge in [0.05, 0.1) is 8.66 Å². The summed E-state index contributed by atoms with van der Waals surface area (Å²) in [6.07, 6.45) is -0.906. The highest BCUT2D eigenvalue weighted by atomic mass is 79.9. The number of thiophene rings is 1. The van der Waals surface area contributed by atoms with Gasteiger partial charge in [-0.2, -0.15) is 0 Å². The average Bonchev–Trinajstić information content (AvgIpc) is 2.94. The molecule has 0 spiro atoms. The minimum Gasteiger partial charge on any atom is -0.479 e. The summed E-state index contributed by atoms with van der Waals surface area (Å²) >= 11 is 4.81. The average molecular weight is 333 g/mol. The highest BCUT2D eigenvalue weighted by Crippen LogP contribution is 2.30. The number of carboxylic acid groups (broad SMARTS) is 1. The van der Waals surface area contributed by atoms with Crippen LogP contribution in [0, 0.1) is 0 Å². The quantitative estimate of drug-likeness (QED) is 0.905. The smallest absolute Gasteiger partial charge is 0.332 e. The summed E-state index contributed by atoms with van der Waals surface area (Å²) in [7, 11) is 0. The van der Waals surface area contributed by atoms with E-state index in [1.165, 1.54) is 18.3 Å². The van der Waals surface area contributed by atoms with E-state index in [4.69, 9.17) is 14.3 Å². The van der Waals surface area contributed by atoms with Crippen LogP contribution in [0.15, 0.2) is 20.3 Å². The molecule has 2 rings (SSSR count). The molecule has 1 N–H and O–H groups in total. The number of aromatic nitrogens is 2. The molecule has 0 bridgehead atoms. The lowest BCUT2D eigenvalue weighted by molar-refractivity contribution is -0.150.